The molecule has 0 unspecified atom stereocenters. The molecule has 0 radical (unpaired) electrons. The lowest BCUT2D eigenvalue weighted by atomic mass is 10.2. The SMILES string of the molecule is Cc1c(Oc2ccc(N)cc2F)ccnc1N. The molecule has 0 aliphatic heterocycles. The molecule has 0 amide bonds. The van der Waals surface area contributed by atoms with Crippen LogP contribution in [-0.4, -0.2) is 4.98 Å². The molecular weight excluding hydrogens is 221 g/mol. The fourth-order valence-corrected chi connectivity index (χ4v) is 1.36. The number of nitrogens with zero attached hydrogens (tertiary/aromatic N) is 1. The predicted octanol–water partition coefficient (Wildman–Crippen LogP) is 2.49. The second-order valence-electron chi connectivity index (χ2n) is 3.61. The van der Waals surface area contributed by atoms with E-state index in [-0.39, 0.29) is 5.75 Å². The Balaban J connectivity index is 2.35. The number of rotatable bonds is 2. The number of benzene rings is 1. The standard InChI is InChI=1S/C12H12FN3O/c1-7-10(4-5-16-12(7)15)17-11-3-2-8(14)6-9(11)13/h2-6H,14H2,1H3,(H2,15,16). The van der Waals surface area contributed by atoms with Crippen LogP contribution in [0.5, 0.6) is 11.5 Å². The molecule has 1 aromatic carbocycles. The zero-order valence-corrected chi connectivity index (χ0v) is 9.27. The van der Waals surface area contributed by atoms with Crippen molar-refractivity contribution in [2.75, 3.05) is 11.5 Å². The highest BCUT2D eigenvalue weighted by Gasteiger charge is 2.08. The first-order valence-corrected chi connectivity index (χ1v) is 5.02. The van der Waals surface area contributed by atoms with Crippen LogP contribution in [0.3, 0.4) is 0 Å². The van der Waals surface area contributed by atoms with E-state index in [1.807, 2.05) is 0 Å². The van der Waals surface area contributed by atoms with Gasteiger partial charge in [0, 0.05) is 23.5 Å². The molecule has 0 atom stereocenters. The van der Waals surface area contributed by atoms with Gasteiger partial charge in [0.1, 0.15) is 11.6 Å². The normalized spacial score (nSPS) is 10.2. The van der Waals surface area contributed by atoms with Crippen molar-refractivity contribution in [3.63, 3.8) is 0 Å². The average Bonchev–Trinajstić information content (AvgIpc) is 2.28. The molecule has 1 heterocycles. The van der Waals surface area contributed by atoms with Crippen LogP contribution < -0.4 is 16.2 Å². The monoisotopic (exact) mass is 233 g/mol. The molecule has 0 saturated carbocycles. The highest BCUT2D eigenvalue weighted by molar-refractivity contribution is 5.50. The van der Waals surface area contributed by atoms with Gasteiger partial charge in [0.2, 0.25) is 0 Å². The summed E-state index contributed by atoms with van der Waals surface area (Å²) in [6.07, 6.45) is 1.51. The third-order valence-electron chi connectivity index (χ3n) is 2.37. The summed E-state index contributed by atoms with van der Waals surface area (Å²) in [5.41, 5.74) is 12.1. The van der Waals surface area contributed by atoms with Gasteiger partial charge in [-0.15, -0.1) is 0 Å². The first-order valence-electron chi connectivity index (χ1n) is 5.02. The molecule has 88 valence electrons. The number of pyridine rings is 1. The minimum atomic E-state index is -0.514. The van der Waals surface area contributed by atoms with Crippen LogP contribution in [0.1, 0.15) is 5.56 Å². The van der Waals surface area contributed by atoms with E-state index < -0.39 is 5.82 Å². The third kappa shape index (κ3) is 2.28. The summed E-state index contributed by atoms with van der Waals surface area (Å²) in [6.45, 7) is 1.76. The molecule has 0 fully saturated rings. The Morgan fingerprint density at radius 3 is 2.65 bits per heavy atom. The second-order valence-corrected chi connectivity index (χ2v) is 3.61. The number of hydrogen-bond acceptors (Lipinski definition) is 4. The Hall–Kier alpha value is -2.30. The van der Waals surface area contributed by atoms with Gasteiger partial charge in [-0.2, -0.15) is 0 Å². The van der Waals surface area contributed by atoms with Crippen molar-refractivity contribution in [1.82, 2.24) is 4.98 Å². The Kier molecular flexibility index (Phi) is 2.82. The van der Waals surface area contributed by atoms with E-state index in [0.717, 1.165) is 0 Å². The summed E-state index contributed by atoms with van der Waals surface area (Å²) >= 11 is 0. The van der Waals surface area contributed by atoms with Gasteiger partial charge in [0.15, 0.2) is 11.6 Å². The predicted molar refractivity (Wildman–Crippen MR) is 64.3 cm³/mol. The quantitative estimate of drug-likeness (QED) is 0.781. The topological polar surface area (TPSA) is 74.2 Å². The molecule has 2 aromatic rings. The molecule has 4 nitrogen and oxygen atoms in total. The van der Waals surface area contributed by atoms with Crippen molar-refractivity contribution in [2.24, 2.45) is 0 Å². The number of anilines is 2. The fraction of sp³-hybridized carbons (Fsp3) is 0.0833. The molecule has 1 aromatic heterocycles. The number of aromatic nitrogens is 1. The van der Waals surface area contributed by atoms with E-state index >= 15 is 0 Å². The van der Waals surface area contributed by atoms with Gasteiger partial charge in [-0.1, -0.05) is 0 Å². The second kappa shape index (κ2) is 4.29. The van der Waals surface area contributed by atoms with E-state index in [1.165, 1.54) is 18.3 Å². The highest BCUT2D eigenvalue weighted by Crippen LogP contribution is 2.29. The Morgan fingerprint density at radius 2 is 1.94 bits per heavy atom. The van der Waals surface area contributed by atoms with Gasteiger partial charge >= 0.3 is 0 Å². The number of hydrogen-bond donors (Lipinski definition) is 2. The smallest absolute Gasteiger partial charge is 0.167 e. The first kappa shape index (κ1) is 11.2. The van der Waals surface area contributed by atoms with Gasteiger partial charge in [-0.3, -0.25) is 0 Å². The molecule has 4 N–H and O–H groups in total. The van der Waals surface area contributed by atoms with Gasteiger partial charge in [-0.25, -0.2) is 9.37 Å². The van der Waals surface area contributed by atoms with Gasteiger partial charge < -0.3 is 16.2 Å². The van der Waals surface area contributed by atoms with E-state index in [1.54, 1.807) is 19.1 Å². The van der Waals surface area contributed by atoms with E-state index in [4.69, 9.17) is 16.2 Å². The Labute approximate surface area is 98.0 Å². The Morgan fingerprint density at radius 1 is 1.18 bits per heavy atom. The van der Waals surface area contributed by atoms with Crippen molar-refractivity contribution in [1.29, 1.82) is 0 Å². The van der Waals surface area contributed by atoms with Crippen LogP contribution in [-0.2, 0) is 0 Å². The van der Waals surface area contributed by atoms with Crippen molar-refractivity contribution >= 4 is 11.5 Å². The van der Waals surface area contributed by atoms with Crippen LogP contribution in [0.4, 0.5) is 15.9 Å². The molecule has 0 spiro atoms. The maximum Gasteiger partial charge on any atom is 0.167 e. The maximum atomic E-state index is 13.5. The van der Waals surface area contributed by atoms with E-state index in [2.05, 4.69) is 4.98 Å². The fourth-order valence-electron chi connectivity index (χ4n) is 1.36. The zero-order valence-electron chi connectivity index (χ0n) is 9.27. The summed E-state index contributed by atoms with van der Waals surface area (Å²) in [5, 5.41) is 0. The molecule has 0 aliphatic rings. The molecule has 0 saturated heterocycles. The molecule has 5 heteroatoms. The summed E-state index contributed by atoms with van der Waals surface area (Å²) in [5.74, 6) is 0.423. The summed E-state index contributed by atoms with van der Waals surface area (Å²) in [4.78, 5) is 3.90. The van der Waals surface area contributed by atoms with Crippen LogP contribution >= 0.6 is 0 Å². The van der Waals surface area contributed by atoms with Crippen LogP contribution in [0.2, 0.25) is 0 Å². The molecule has 0 aliphatic carbocycles. The van der Waals surface area contributed by atoms with Crippen molar-refractivity contribution < 1.29 is 9.13 Å². The third-order valence-corrected chi connectivity index (χ3v) is 2.37. The molecule has 0 bridgehead atoms. The van der Waals surface area contributed by atoms with Gasteiger partial charge in [0.05, 0.1) is 0 Å². The zero-order chi connectivity index (χ0) is 12.4. The summed E-state index contributed by atoms with van der Waals surface area (Å²) in [6, 6.07) is 5.87. The van der Waals surface area contributed by atoms with Crippen molar-refractivity contribution in [3.05, 3.63) is 41.8 Å². The molecule has 17 heavy (non-hydrogen) atoms. The number of halogens is 1. The lowest BCUT2D eigenvalue weighted by Gasteiger charge is -2.10. The first-order chi connectivity index (χ1) is 8.08. The Bertz CT molecular complexity index is 557. The largest absolute Gasteiger partial charge is 0.454 e. The van der Waals surface area contributed by atoms with Gasteiger partial charge in [0.25, 0.3) is 0 Å². The molecule has 2 rings (SSSR count). The minimum absolute atomic E-state index is 0.105. The lowest BCUT2D eigenvalue weighted by Crippen LogP contribution is -1.97. The average molecular weight is 233 g/mol. The minimum Gasteiger partial charge on any atom is -0.454 e. The number of ether oxygens (including phenoxy) is 1. The van der Waals surface area contributed by atoms with Crippen LogP contribution in [0.15, 0.2) is 30.5 Å². The summed E-state index contributed by atoms with van der Waals surface area (Å²) in [7, 11) is 0. The van der Waals surface area contributed by atoms with Gasteiger partial charge in [-0.05, 0) is 25.1 Å². The lowest BCUT2D eigenvalue weighted by molar-refractivity contribution is 0.439. The number of nitrogens with two attached hydrogens (primary N) is 2. The van der Waals surface area contributed by atoms with Crippen LogP contribution in [0, 0.1) is 12.7 Å². The highest BCUT2D eigenvalue weighted by atomic mass is 19.1. The van der Waals surface area contributed by atoms with Crippen molar-refractivity contribution in [2.45, 2.75) is 6.92 Å². The van der Waals surface area contributed by atoms with Crippen LogP contribution in [0.25, 0.3) is 0 Å². The number of nitrogen functional groups attached to an aromatic ring is 2. The summed E-state index contributed by atoms with van der Waals surface area (Å²) < 4.78 is 18.9. The van der Waals surface area contributed by atoms with Crippen molar-refractivity contribution in [3.8, 4) is 11.5 Å². The van der Waals surface area contributed by atoms with E-state index in [0.29, 0.717) is 22.8 Å². The van der Waals surface area contributed by atoms with E-state index in [9.17, 15) is 4.39 Å². The maximum absolute atomic E-state index is 13.5. The molecular formula is C12H12FN3O.